The van der Waals surface area contributed by atoms with Crippen LogP contribution in [0, 0.1) is 6.92 Å². The van der Waals surface area contributed by atoms with Gasteiger partial charge < -0.3 is 10.5 Å². The molecule has 3 rings (SSSR count). The van der Waals surface area contributed by atoms with Gasteiger partial charge in [-0.25, -0.2) is 4.63 Å². The minimum atomic E-state index is -0.565. The van der Waals surface area contributed by atoms with Crippen LogP contribution in [0.25, 0.3) is 0 Å². The molecule has 0 spiro atoms. The Morgan fingerprint density at radius 1 is 1.40 bits per heavy atom. The van der Waals surface area contributed by atoms with Gasteiger partial charge >= 0.3 is 0 Å². The summed E-state index contributed by atoms with van der Waals surface area (Å²) in [5.74, 6) is 0.455. The fourth-order valence-electron chi connectivity index (χ4n) is 2.13. The maximum atomic E-state index is 12.3. The molecule has 1 atom stereocenters. The first-order chi connectivity index (χ1) is 9.56. The zero-order chi connectivity index (χ0) is 14.3. The minimum Gasteiger partial charge on any atom is -0.479 e. The molecule has 0 radical (unpaired) electrons. The first-order valence-corrected chi connectivity index (χ1v) is 6.22. The van der Waals surface area contributed by atoms with Crippen LogP contribution in [0.1, 0.15) is 18.3 Å². The molecule has 0 bridgehead atoms. The van der Waals surface area contributed by atoms with Crippen LogP contribution in [0.4, 0.5) is 11.4 Å². The van der Waals surface area contributed by atoms with Crippen LogP contribution in [0.15, 0.2) is 22.8 Å². The first-order valence-electron chi connectivity index (χ1n) is 6.22. The predicted molar refractivity (Wildman–Crippen MR) is 71.2 cm³/mol. The average Bonchev–Trinajstić information content (AvgIpc) is 2.80. The lowest BCUT2D eigenvalue weighted by molar-refractivity contribution is -0.125. The zero-order valence-corrected chi connectivity index (χ0v) is 11.2. The lowest BCUT2D eigenvalue weighted by Gasteiger charge is -2.32. The van der Waals surface area contributed by atoms with E-state index in [-0.39, 0.29) is 5.91 Å². The zero-order valence-electron chi connectivity index (χ0n) is 11.2. The Balaban J connectivity index is 2.01. The van der Waals surface area contributed by atoms with Crippen LogP contribution in [-0.4, -0.2) is 22.3 Å². The number of benzene rings is 1. The van der Waals surface area contributed by atoms with Crippen molar-refractivity contribution < 1.29 is 14.2 Å². The highest BCUT2D eigenvalue weighted by molar-refractivity contribution is 5.99. The number of amides is 1. The molecule has 7 heteroatoms. The van der Waals surface area contributed by atoms with Gasteiger partial charge in [-0.1, -0.05) is 10.3 Å². The highest BCUT2D eigenvalue weighted by Crippen LogP contribution is 2.36. The standard InChI is InChI=1S/C13H14N4O3/c1-7-10(16-20-15-7)6-17-11-4-3-9(14)5-12(11)19-8(2)13(17)18/h3-5,8H,6,14H2,1-2H3. The van der Waals surface area contributed by atoms with Crippen LogP contribution in [-0.2, 0) is 11.3 Å². The fourth-order valence-corrected chi connectivity index (χ4v) is 2.13. The second kappa shape index (κ2) is 4.52. The smallest absolute Gasteiger partial charge is 0.268 e. The number of ether oxygens (including phenoxy) is 1. The van der Waals surface area contributed by atoms with Crippen molar-refractivity contribution in [3.05, 3.63) is 29.6 Å². The number of nitrogen functional groups attached to an aromatic ring is 1. The number of aromatic nitrogens is 2. The third-order valence-electron chi connectivity index (χ3n) is 3.25. The summed E-state index contributed by atoms with van der Waals surface area (Å²) in [4.78, 5) is 13.9. The van der Waals surface area contributed by atoms with Crippen molar-refractivity contribution in [3.63, 3.8) is 0 Å². The van der Waals surface area contributed by atoms with Gasteiger partial charge in [0.15, 0.2) is 6.10 Å². The Kier molecular flexibility index (Phi) is 2.81. The third kappa shape index (κ3) is 1.97. The molecule has 1 aromatic heterocycles. The van der Waals surface area contributed by atoms with E-state index in [1.165, 1.54) is 0 Å². The van der Waals surface area contributed by atoms with E-state index in [9.17, 15) is 4.79 Å². The van der Waals surface area contributed by atoms with E-state index < -0.39 is 6.10 Å². The molecule has 0 saturated carbocycles. The number of nitrogens with two attached hydrogens (primary N) is 1. The maximum Gasteiger partial charge on any atom is 0.268 e. The molecule has 7 nitrogen and oxygen atoms in total. The Labute approximate surface area is 115 Å². The number of fused-ring (bicyclic) bond motifs is 1. The SMILES string of the molecule is Cc1nonc1CN1C(=O)C(C)Oc2cc(N)ccc21. The molecule has 1 amide bonds. The summed E-state index contributed by atoms with van der Waals surface area (Å²) in [6.07, 6.45) is -0.565. The number of rotatable bonds is 2. The molecule has 1 aromatic carbocycles. The van der Waals surface area contributed by atoms with E-state index in [1.54, 1.807) is 36.9 Å². The molecule has 2 aromatic rings. The largest absolute Gasteiger partial charge is 0.479 e. The van der Waals surface area contributed by atoms with Gasteiger partial charge in [-0.15, -0.1) is 0 Å². The maximum absolute atomic E-state index is 12.3. The summed E-state index contributed by atoms with van der Waals surface area (Å²) in [5.41, 5.74) is 8.29. The minimum absolute atomic E-state index is 0.135. The van der Waals surface area contributed by atoms with Crippen molar-refractivity contribution in [2.75, 3.05) is 10.6 Å². The molecule has 2 N–H and O–H groups in total. The summed E-state index contributed by atoms with van der Waals surface area (Å²) in [6.45, 7) is 3.78. The second-order valence-electron chi connectivity index (χ2n) is 4.71. The molecule has 0 saturated heterocycles. The number of carbonyl (C=O) groups is 1. The summed E-state index contributed by atoms with van der Waals surface area (Å²) >= 11 is 0. The normalized spacial score (nSPS) is 17.8. The molecule has 0 fully saturated rings. The van der Waals surface area contributed by atoms with Crippen LogP contribution >= 0.6 is 0 Å². The summed E-state index contributed by atoms with van der Waals surface area (Å²) < 4.78 is 10.2. The van der Waals surface area contributed by atoms with Crippen molar-refractivity contribution in [1.82, 2.24) is 10.3 Å². The van der Waals surface area contributed by atoms with Crippen molar-refractivity contribution in [3.8, 4) is 5.75 Å². The lowest BCUT2D eigenvalue weighted by Crippen LogP contribution is -2.44. The van der Waals surface area contributed by atoms with E-state index in [0.717, 1.165) is 0 Å². The first kappa shape index (κ1) is 12.5. The Bertz CT molecular complexity index is 667. The highest BCUT2D eigenvalue weighted by Gasteiger charge is 2.32. The van der Waals surface area contributed by atoms with Gasteiger partial charge in [0.1, 0.15) is 17.1 Å². The molecular formula is C13H14N4O3. The van der Waals surface area contributed by atoms with Gasteiger partial charge in [0.25, 0.3) is 5.91 Å². The van der Waals surface area contributed by atoms with Gasteiger partial charge in [0.05, 0.1) is 12.2 Å². The number of aryl methyl sites for hydroxylation is 1. The van der Waals surface area contributed by atoms with Crippen LogP contribution < -0.4 is 15.4 Å². The molecule has 1 aliphatic heterocycles. The molecule has 1 unspecified atom stereocenters. The lowest BCUT2D eigenvalue weighted by atomic mass is 10.1. The van der Waals surface area contributed by atoms with E-state index in [0.29, 0.717) is 35.1 Å². The van der Waals surface area contributed by atoms with E-state index in [2.05, 4.69) is 14.9 Å². The average molecular weight is 274 g/mol. The summed E-state index contributed by atoms with van der Waals surface area (Å²) in [7, 11) is 0. The number of nitrogens with zero attached hydrogens (tertiary/aromatic N) is 3. The molecule has 104 valence electrons. The van der Waals surface area contributed by atoms with Crippen molar-refractivity contribution in [2.45, 2.75) is 26.5 Å². The number of carbonyl (C=O) groups excluding carboxylic acids is 1. The van der Waals surface area contributed by atoms with E-state index >= 15 is 0 Å². The van der Waals surface area contributed by atoms with Crippen molar-refractivity contribution in [1.29, 1.82) is 0 Å². The molecular weight excluding hydrogens is 260 g/mol. The highest BCUT2D eigenvalue weighted by atomic mass is 16.6. The van der Waals surface area contributed by atoms with Crippen LogP contribution in [0.5, 0.6) is 5.75 Å². The topological polar surface area (TPSA) is 94.5 Å². The van der Waals surface area contributed by atoms with Crippen molar-refractivity contribution >= 4 is 17.3 Å². The molecule has 1 aliphatic rings. The Hall–Kier alpha value is -2.57. The number of hydrogen-bond donors (Lipinski definition) is 1. The number of anilines is 2. The van der Waals surface area contributed by atoms with Crippen molar-refractivity contribution in [2.24, 2.45) is 0 Å². The molecule has 20 heavy (non-hydrogen) atoms. The summed E-state index contributed by atoms with van der Waals surface area (Å²) in [5, 5.41) is 7.54. The van der Waals surface area contributed by atoms with E-state index in [1.807, 2.05) is 0 Å². The quantitative estimate of drug-likeness (QED) is 0.829. The van der Waals surface area contributed by atoms with Gasteiger partial charge in [0.2, 0.25) is 0 Å². The summed E-state index contributed by atoms with van der Waals surface area (Å²) in [6, 6.07) is 5.20. The third-order valence-corrected chi connectivity index (χ3v) is 3.25. The molecule has 2 heterocycles. The Morgan fingerprint density at radius 2 is 2.20 bits per heavy atom. The van der Waals surface area contributed by atoms with Crippen LogP contribution in [0.3, 0.4) is 0 Å². The van der Waals surface area contributed by atoms with Gasteiger partial charge in [0, 0.05) is 11.8 Å². The predicted octanol–water partition coefficient (Wildman–Crippen LogP) is 1.27. The second-order valence-corrected chi connectivity index (χ2v) is 4.71. The van der Waals surface area contributed by atoms with Gasteiger partial charge in [-0.3, -0.25) is 9.69 Å². The van der Waals surface area contributed by atoms with Gasteiger partial charge in [-0.2, -0.15) is 0 Å². The monoisotopic (exact) mass is 274 g/mol. The van der Waals surface area contributed by atoms with E-state index in [4.69, 9.17) is 10.5 Å². The Morgan fingerprint density at radius 3 is 2.90 bits per heavy atom. The van der Waals surface area contributed by atoms with Crippen LogP contribution in [0.2, 0.25) is 0 Å². The molecule has 0 aliphatic carbocycles. The van der Waals surface area contributed by atoms with Gasteiger partial charge in [-0.05, 0) is 26.0 Å². The fraction of sp³-hybridized carbons (Fsp3) is 0.308. The number of hydrogen-bond acceptors (Lipinski definition) is 6.